The van der Waals surface area contributed by atoms with Crippen molar-refractivity contribution in [2.24, 2.45) is 62.6 Å². The maximum absolute atomic E-state index is 2.83. The molecule has 0 spiro atoms. The molecular weight excluding hydrogens is 396 g/mol. The molecule has 0 heteroatoms. The summed E-state index contributed by atoms with van der Waals surface area (Å²) in [6.07, 6.45) is 21.0. The van der Waals surface area contributed by atoms with Gasteiger partial charge in [-0.05, 0) is 127 Å². The fourth-order valence-corrected chi connectivity index (χ4v) is 12.8. The van der Waals surface area contributed by atoms with Crippen molar-refractivity contribution in [1.29, 1.82) is 0 Å². The Morgan fingerprint density at radius 2 is 1.30 bits per heavy atom. The van der Waals surface area contributed by atoms with Gasteiger partial charge in [-0.3, -0.25) is 0 Å². The molecule has 0 nitrogen and oxygen atoms in total. The number of fused-ring (bicyclic) bond motifs is 7. The standard InChI is InChI=1S/C33H58/c1-9-10-12-23(2)24-15-20-30(5)25(24)16-21-32(7)27(30)13-14-28-31(6)19-11-18-29(3,4)26(31)17-22-33(28,32)8/h23-28H,9-22H2,1-8H3/t23?,24?,25-,26-,27+,28+,30-,31-,32+,33+/m0/s1. The highest BCUT2D eigenvalue weighted by atomic mass is 14.7. The molecule has 0 aliphatic heterocycles. The van der Waals surface area contributed by atoms with Crippen molar-refractivity contribution >= 4 is 0 Å². The van der Waals surface area contributed by atoms with E-state index in [1.54, 1.807) is 12.8 Å². The monoisotopic (exact) mass is 454 g/mol. The first-order valence-electron chi connectivity index (χ1n) is 15.4. The van der Waals surface area contributed by atoms with Crippen molar-refractivity contribution in [3.05, 3.63) is 0 Å². The molecule has 0 N–H and O–H groups in total. The first-order chi connectivity index (χ1) is 15.4. The molecule has 33 heavy (non-hydrogen) atoms. The predicted octanol–water partition coefficient (Wildman–Crippen LogP) is 10.3. The lowest BCUT2D eigenvalue weighted by molar-refractivity contribution is -0.241. The van der Waals surface area contributed by atoms with Crippen LogP contribution in [0.4, 0.5) is 0 Å². The van der Waals surface area contributed by atoms with Gasteiger partial charge in [0.15, 0.2) is 0 Å². The predicted molar refractivity (Wildman–Crippen MR) is 143 cm³/mol. The molecule has 0 bridgehead atoms. The summed E-state index contributed by atoms with van der Waals surface area (Å²) in [5.74, 6) is 5.88. The third kappa shape index (κ3) is 3.26. The van der Waals surface area contributed by atoms with Crippen molar-refractivity contribution in [3.8, 4) is 0 Å². The second-order valence-corrected chi connectivity index (χ2v) is 15.9. The SMILES string of the molecule is CCCCC(C)C1CC[C@]2(C)[C@H]3CC[C@@H]4[C@@]5(C)CCCC(C)(C)[C@@H]5CC[C@@]4(C)[C@]3(C)CC[C@@H]12. The second-order valence-electron chi connectivity index (χ2n) is 15.9. The van der Waals surface area contributed by atoms with Gasteiger partial charge in [0.25, 0.3) is 0 Å². The number of rotatable bonds is 4. The van der Waals surface area contributed by atoms with E-state index in [2.05, 4.69) is 55.4 Å². The summed E-state index contributed by atoms with van der Waals surface area (Å²) in [4.78, 5) is 0. The number of hydrogen-bond donors (Lipinski definition) is 0. The van der Waals surface area contributed by atoms with Crippen LogP contribution in [0.15, 0.2) is 0 Å². The highest BCUT2D eigenvalue weighted by Gasteiger charge is 2.70. The van der Waals surface area contributed by atoms with Crippen molar-refractivity contribution < 1.29 is 0 Å². The summed E-state index contributed by atoms with van der Waals surface area (Å²) in [6.45, 7) is 21.5. The Bertz CT molecular complexity index is 734. The smallest absolute Gasteiger partial charge is 0.0235 e. The van der Waals surface area contributed by atoms with Gasteiger partial charge in [0.05, 0.1) is 0 Å². The molecule has 5 aliphatic rings. The van der Waals surface area contributed by atoms with E-state index in [0.29, 0.717) is 27.1 Å². The van der Waals surface area contributed by atoms with Gasteiger partial charge in [0.1, 0.15) is 0 Å². The van der Waals surface area contributed by atoms with E-state index in [1.165, 1.54) is 77.0 Å². The molecule has 2 unspecified atom stereocenters. The molecule has 0 radical (unpaired) electrons. The van der Waals surface area contributed by atoms with Gasteiger partial charge in [-0.2, -0.15) is 0 Å². The summed E-state index contributed by atoms with van der Waals surface area (Å²) < 4.78 is 0. The van der Waals surface area contributed by atoms with Crippen LogP contribution in [-0.2, 0) is 0 Å². The summed E-state index contributed by atoms with van der Waals surface area (Å²) >= 11 is 0. The van der Waals surface area contributed by atoms with Crippen LogP contribution >= 0.6 is 0 Å². The average Bonchev–Trinajstić information content (AvgIpc) is 3.09. The van der Waals surface area contributed by atoms with Gasteiger partial charge in [-0.15, -0.1) is 0 Å². The molecule has 5 fully saturated rings. The van der Waals surface area contributed by atoms with Crippen LogP contribution in [0, 0.1) is 62.6 Å². The Kier molecular flexibility index (Phi) is 5.98. The minimum absolute atomic E-state index is 0.559. The molecule has 5 aliphatic carbocycles. The van der Waals surface area contributed by atoms with Crippen LogP contribution in [-0.4, -0.2) is 0 Å². The Labute approximate surface area is 207 Å². The van der Waals surface area contributed by atoms with Crippen LogP contribution in [0.2, 0.25) is 0 Å². The minimum Gasteiger partial charge on any atom is -0.0654 e. The highest BCUT2D eigenvalue weighted by molar-refractivity contribution is 5.19. The third-order valence-corrected chi connectivity index (χ3v) is 14.5. The van der Waals surface area contributed by atoms with Crippen LogP contribution in [0.25, 0.3) is 0 Å². The first-order valence-corrected chi connectivity index (χ1v) is 15.4. The molecule has 190 valence electrons. The van der Waals surface area contributed by atoms with E-state index in [-0.39, 0.29) is 0 Å². The first kappa shape index (κ1) is 24.7. The van der Waals surface area contributed by atoms with Crippen LogP contribution in [0.3, 0.4) is 0 Å². The van der Waals surface area contributed by atoms with Crippen molar-refractivity contribution in [2.45, 2.75) is 145 Å². The van der Waals surface area contributed by atoms with E-state index < -0.39 is 0 Å². The zero-order chi connectivity index (χ0) is 23.9. The summed E-state index contributed by atoms with van der Waals surface area (Å²) in [5, 5.41) is 0. The van der Waals surface area contributed by atoms with Crippen LogP contribution in [0.1, 0.15) is 145 Å². The molecule has 10 atom stereocenters. The van der Waals surface area contributed by atoms with E-state index in [9.17, 15) is 0 Å². The lowest BCUT2D eigenvalue weighted by Gasteiger charge is -2.73. The minimum atomic E-state index is 0.559. The van der Waals surface area contributed by atoms with Crippen LogP contribution in [0.5, 0.6) is 0 Å². The Morgan fingerprint density at radius 1 is 0.667 bits per heavy atom. The van der Waals surface area contributed by atoms with Crippen molar-refractivity contribution in [3.63, 3.8) is 0 Å². The Hall–Kier alpha value is 0. The van der Waals surface area contributed by atoms with Gasteiger partial charge in [0.2, 0.25) is 0 Å². The van der Waals surface area contributed by atoms with Gasteiger partial charge in [-0.25, -0.2) is 0 Å². The van der Waals surface area contributed by atoms with E-state index in [0.717, 1.165) is 35.5 Å². The molecule has 5 saturated carbocycles. The zero-order valence-electron chi connectivity index (χ0n) is 23.9. The Morgan fingerprint density at radius 3 is 1.97 bits per heavy atom. The van der Waals surface area contributed by atoms with E-state index >= 15 is 0 Å². The van der Waals surface area contributed by atoms with Crippen molar-refractivity contribution in [1.82, 2.24) is 0 Å². The number of unbranched alkanes of at least 4 members (excludes halogenated alkanes) is 1. The lowest BCUT2D eigenvalue weighted by atomic mass is 9.32. The maximum atomic E-state index is 2.83. The number of hydrogen-bond acceptors (Lipinski definition) is 0. The summed E-state index contributed by atoms with van der Waals surface area (Å²) in [6, 6.07) is 0. The van der Waals surface area contributed by atoms with E-state index in [4.69, 9.17) is 0 Å². The molecule has 5 rings (SSSR count). The van der Waals surface area contributed by atoms with Crippen LogP contribution < -0.4 is 0 Å². The fourth-order valence-electron chi connectivity index (χ4n) is 12.8. The molecule has 0 saturated heterocycles. The largest absolute Gasteiger partial charge is 0.0654 e. The normalized spacial score (nSPS) is 54.0. The highest BCUT2D eigenvalue weighted by Crippen LogP contribution is 2.78. The van der Waals surface area contributed by atoms with Gasteiger partial charge < -0.3 is 0 Å². The Balaban J connectivity index is 1.45. The topological polar surface area (TPSA) is 0 Å². The van der Waals surface area contributed by atoms with E-state index in [1.807, 2.05) is 0 Å². The second kappa shape index (κ2) is 8.00. The molecule has 0 heterocycles. The molecule has 0 aromatic carbocycles. The average molecular weight is 455 g/mol. The summed E-state index contributed by atoms with van der Waals surface area (Å²) in [5.41, 5.74) is 2.90. The molecular formula is C33H58. The fraction of sp³-hybridized carbons (Fsp3) is 1.00. The third-order valence-electron chi connectivity index (χ3n) is 14.5. The molecule has 0 amide bonds. The van der Waals surface area contributed by atoms with Gasteiger partial charge in [0, 0.05) is 0 Å². The van der Waals surface area contributed by atoms with Gasteiger partial charge in [-0.1, -0.05) is 81.1 Å². The van der Waals surface area contributed by atoms with Gasteiger partial charge >= 0.3 is 0 Å². The summed E-state index contributed by atoms with van der Waals surface area (Å²) in [7, 11) is 0. The zero-order valence-corrected chi connectivity index (χ0v) is 23.9. The lowest BCUT2D eigenvalue weighted by Crippen LogP contribution is -2.65. The molecule has 0 aromatic heterocycles. The quantitative estimate of drug-likeness (QED) is 0.396. The molecule has 0 aromatic rings. The van der Waals surface area contributed by atoms with Crippen molar-refractivity contribution in [2.75, 3.05) is 0 Å². The maximum Gasteiger partial charge on any atom is -0.0235 e.